The van der Waals surface area contributed by atoms with Gasteiger partial charge in [-0.25, -0.2) is 9.18 Å². The number of rotatable bonds is 3. The minimum Gasteiger partial charge on any atom is -0.507 e. The maximum Gasteiger partial charge on any atom is 0.343 e. The molecule has 0 radical (unpaired) electrons. The van der Waals surface area contributed by atoms with E-state index in [0.29, 0.717) is 5.52 Å². The Bertz CT molecular complexity index is 1230. The van der Waals surface area contributed by atoms with Crippen molar-refractivity contribution < 1.29 is 19.0 Å². The predicted octanol–water partition coefficient (Wildman–Crippen LogP) is 5.58. The Balaban J connectivity index is 1.85. The van der Waals surface area contributed by atoms with E-state index in [-0.39, 0.29) is 17.1 Å². The molecule has 5 heteroatoms. The summed E-state index contributed by atoms with van der Waals surface area (Å²) in [4.78, 5) is 17.1. The lowest BCUT2D eigenvalue weighted by Crippen LogP contribution is -2.10. The molecule has 0 aliphatic heterocycles. The number of halogens is 1. The molecular weight excluding hydrogens is 369 g/mol. The lowest BCUT2D eigenvalue weighted by molar-refractivity contribution is 0.0728. The zero-order valence-electron chi connectivity index (χ0n) is 15.9. The third-order valence-corrected chi connectivity index (χ3v) is 4.80. The first kappa shape index (κ1) is 18.6. The fourth-order valence-corrected chi connectivity index (χ4v) is 3.34. The van der Waals surface area contributed by atoms with Crippen LogP contribution in [0.15, 0.2) is 66.9 Å². The topological polar surface area (TPSA) is 59.4 Å². The molecule has 144 valence electrons. The minimum absolute atomic E-state index is 0.128. The van der Waals surface area contributed by atoms with Gasteiger partial charge < -0.3 is 9.84 Å². The molecule has 0 aliphatic rings. The van der Waals surface area contributed by atoms with Crippen LogP contribution in [0, 0.1) is 19.7 Å². The normalized spacial score (nSPS) is 10.9. The molecule has 0 spiro atoms. The summed E-state index contributed by atoms with van der Waals surface area (Å²) in [5.41, 5.74) is 3.97. The number of pyridine rings is 1. The van der Waals surface area contributed by atoms with Gasteiger partial charge in [-0.05, 0) is 78.6 Å². The SMILES string of the molecule is Cc1cc(-c2cc(C(=O)Oc3ccccc3F)cc3ncccc23)cc(C)c1O. The number of hydrogen-bond acceptors (Lipinski definition) is 4. The average Bonchev–Trinajstić information content (AvgIpc) is 2.72. The summed E-state index contributed by atoms with van der Waals surface area (Å²) >= 11 is 0. The van der Waals surface area contributed by atoms with Crippen LogP contribution < -0.4 is 4.74 Å². The van der Waals surface area contributed by atoms with Gasteiger partial charge in [0.25, 0.3) is 0 Å². The molecule has 0 saturated heterocycles. The molecule has 0 bridgehead atoms. The van der Waals surface area contributed by atoms with Gasteiger partial charge in [0.1, 0.15) is 5.75 Å². The quantitative estimate of drug-likeness (QED) is 0.368. The van der Waals surface area contributed by atoms with Gasteiger partial charge in [0, 0.05) is 11.6 Å². The van der Waals surface area contributed by atoms with Gasteiger partial charge in [-0.1, -0.05) is 18.2 Å². The van der Waals surface area contributed by atoms with Gasteiger partial charge in [0.2, 0.25) is 0 Å². The van der Waals surface area contributed by atoms with Gasteiger partial charge in [-0.15, -0.1) is 0 Å². The number of nitrogens with zero attached hydrogens (tertiary/aromatic N) is 1. The number of hydrogen-bond donors (Lipinski definition) is 1. The van der Waals surface area contributed by atoms with E-state index in [0.717, 1.165) is 27.6 Å². The number of phenolic OH excluding ortho intramolecular Hbond substituents is 1. The van der Waals surface area contributed by atoms with Crippen molar-refractivity contribution in [2.45, 2.75) is 13.8 Å². The second-order valence-corrected chi connectivity index (χ2v) is 6.87. The van der Waals surface area contributed by atoms with Crippen LogP contribution in [0.5, 0.6) is 11.5 Å². The zero-order valence-corrected chi connectivity index (χ0v) is 15.9. The second kappa shape index (κ2) is 7.36. The Kier molecular flexibility index (Phi) is 4.72. The minimum atomic E-state index is -0.670. The molecule has 0 fully saturated rings. The van der Waals surface area contributed by atoms with Gasteiger partial charge in [-0.2, -0.15) is 0 Å². The van der Waals surface area contributed by atoms with Gasteiger partial charge in [-0.3, -0.25) is 4.98 Å². The summed E-state index contributed by atoms with van der Waals surface area (Å²) in [5.74, 6) is -1.16. The summed E-state index contributed by atoms with van der Waals surface area (Å²) in [7, 11) is 0. The number of carbonyl (C=O) groups is 1. The number of phenols is 1. The number of carbonyl (C=O) groups excluding carboxylic acids is 1. The van der Waals surface area contributed by atoms with Crippen molar-refractivity contribution in [1.82, 2.24) is 4.98 Å². The molecule has 4 rings (SSSR count). The number of ether oxygens (including phenoxy) is 1. The molecule has 1 aromatic heterocycles. The summed E-state index contributed by atoms with van der Waals surface area (Å²) in [5, 5.41) is 11.0. The molecule has 3 aromatic carbocycles. The first-order valence-electron chi connectivity index (χ1n) is 9.10. The molecule has 1 N–H and O–H groups in total. The molecule has 4 aromatic rings. The van der Waals surface area contributed by atoms with E-state index in [9.17, 15) is 14.3 Å². The molecule has 0 amide bonds. The molecule has 1 heterocycles. The van der Waals surface area contributed by atoms with Crippen molar-refractivity contribution in [3.05, 3.63) is 89.4 Å². The number of benzene rings is 3. The zero-order chi connectivity index (χ0) is 20.5. The number of fused-ring (bicyclic) bond motifs is 1. The molecule has 4 nitrogen and oxygen atoms in total. The Labute approximate surface area is 167 Å². The number of esters is 1. The highest BCUT2D eigenvalue weighted by molar-refractivity contribution is 6.02. The smallest absolute Gasteiger partial charge is 0.343 e. The molecule has 0 atom stereocenters. The van der Waals surface area contributed by atoms with Crippen LogP contribution in [-0.2, 0) is 0 Å². The molecule has 0 aliphatic carbocycles. The Hall–Kier alpha value is -3.73. The van der Waals surface area contributed by atoms with Crippen LogP contribution in [0.25, 0.3) is 22.0 Å². The number of aromatic nitrogens is 1. The Morgan fingerprint density at radius 3 is 2.45 bits per heavy atom. The number of aryl methyl sites for hydroxylation is 2. The fourth-order valence-electron chi connectivity index (χ4n) is 3.34. The average molecular weight is 387 g/mol. The highest BCUT2D eigenvalue weighted by atomic mass is 19.1. The molecule has 0 unspecified atom stereocenters. The lowest BCUT2D eigenvalue weighted by atomic mass is 9.95. The fraction of sp³-hybridized carbons (Fsp3) is 0.0833. The highest BCUT2D eigenvalue weighted by Crippen LogP contribution is 2.34. The molecule has 0 saturated carbocycles. The van der Waals surface area contributed by atoms with E-state index in [1.54, 1.807) is 24.4 Å². The Morgan fingerprint density at radius 2 is 1.72 bits per heavy atom. The Morgan fingerprint density at radius 1 is 1.00 bits per heavy atom. The van der Waals surface area contributed by atoms with E-state index in [4.69, 9.17) is 4.74 Å². The predicted molar refractivity (Wildman–Crippen MR) is 110 cm³/mol. The van der Waals surface area contributed by atoms with Gasteiger partial charge in [0.05, 0.1) is 11.1 Å². The van der Waals surface area contributed by atoms with Crippen LogP contribution in [0.3, 0.4) is 0 Å². The van der Waals surface area contributed by atoms with E-state index in [2.05, 4.69) is 4.98 Å². The first-order valence-corrected chi connectivity index (χ1v) is 9.10. The summed E-state index contributed by atoms with van der Waals surface area (Å²) in [6.07, 6.45) is 1.64. The standard InChI is InChI=1S/C24H18FNO3/c1-14-10-16(11-15(2)23(14)27)19-12-17(13-21-18(19)6-5-9-26-21)24(28)29-22-8-4-3-7-20(22)25/h3-13,27H,1-2H3. The monoisotopic (exact) mass is 387 g/mol. The van der Waals surface area contributed by atoms with Crippen LogP contribution in [0.1, 0.15) is 21.5 Å². The van der Waals surface area contributed by atoms with Crippen molar-refractivity contribution in [3.63, 3.8) is 0 Å². The first-order chi connectivity index (χ1) is 13.9. The van der Waals surface area contributed by atoms with Crippen molar-refractivity contribution in [2.75, 3.05) is 0 Å². The van der Waals surface area contributed by atoms with Crippen LogP contribution in [0.4, 0.5) is 4.39 Å². The van der Waals surface area contributed by atoms with E-state index in [1.165, 1.54) is 18.2 Å². The number of aromatic hydroxyl groups is 1. The highest BCUT2D eigenvalue weighted by Gasteiger charge is 2.16. The van der Waals surface area contributed by atoms with E-state index >= 15 is 0 Å². The molecule has 29 heavy (non-hydrogen) atoms. The molecular formula is C24H18FNO3. The van der Waals surface area contributed by atoms with Crippen LogP contribution in [-0.4, -0.2) is 16.1 Å². The summed E-state index contributed by atoms with van der Waals surface area (Å²) in [6, 6.07) is 16.6. The number of para-hydroxylation sites is 1. The van der Waals surface area contributed by atoms with Crippen molar-refractivity contribution in [1.29, 1.82) is 0 Å². The maximum atomic E-state index is 13.9. The van der Waals surface area contributed by atoms with Gasteiger partial charge in [0.15, 0.2) is 11.6 Å². The maximum absolute atomic E-state index is 13.9. The van der Waals surface area contributed by atoms with Crippen LogP contribution >= 0.6 is 0 Å². The van der Waals surface area contributed by atoms with Crippen LogP contribution in [0.2, 0.25) is 0 Å². The third-order valence-electron chi connectivity index (χ3n) is 4.80. The second-order valence-electron chi connectivity index (χ2n) is 6.87. The van der Waals surface area contributed by atoms with Crippen molar-refractivity contribution in [3.8, 4) is 22.6 Å². The van der Waals surface area contributed by atoms with Crippen molar-refractivity contribution >= 4 is 16.9 Å². The summed E-state index contributed by atoms with van der Waals surface area (Å²) < 4.78 is 19.1. The third kappa shape index (κ3) is 3.55. The van der Waals surface area contributed by atoms with Gasteiger partial charge >= 0.3 is 5.97 Å². The van der Waals surface area contributed by atoms with Crippen molar-refractivity contribution in [2.24, 2.45) is 0 Å². The summed E-state index contributed by atoms with van der Waals surface area (Å²) in [6.45, 7) is 3.64. The largest absolute Gasteiger partial charge is 0.507 e. The van der Waals surface area contributed by atoms with E-state index in [1.807, 2.05) is 38.1 Å². The van der Waals surface area contributed by atoms with E-state index < -0.39 is 11.8 Å². The lowest BCUT2D eigenvalue weighted by Gasteiger charge is -2.13.